The summed E-state index contributed by atoms with van der Waals surface area (Å²) in [6.07, 6.45) is 1.40. The number of rotatable bonds is 8. The maximum Gasteiger partial charge on any atom is 0.269 e. The Balaban J connectivity index is 2.60. The molecule has 6 N–H and O–H groups in total. The quantitative estimate of drug-likeness (QED) is 0.466. The van der Waals surface area contributed by atoms with Gasteiger partial charge in [0.15, 0.2) is 0 Å². The van der Waals surface area contributed by atoms with Crippen LogP contribution in [0.25, 0.3) is 0 Å². The summed E-state index contributed by atoms with van der Waals surface area (Å²) in [4.78, 5) is 27.6. The lowest BCUT2D eigenvalue weighted by atomic mass is 10.2. The Hall–Kier alpha value is -1.99. The van der Waals surface area contributed by atoms with E-state index >= 15 is 0 Å². The van der Waals surface area contributed by atoms with E-state index < -0.39 is 0 Å². The number of carbonyl (C=O) groups excluding carboxylic acids is 2. The molecule has 0 radical (unpaired) electrons. The van der Waals surface area contributed by atoms with Crippen molar-refractivity contribution < 1.29 is 9.59 Å². The number of aromatic nitrogens is 1. The molecular formula is C13H21N5O2. The highest BCUT2D eigenvalue weighted by atomic mass is 16.2. The molecule has 2 amide bonds. The van der Waals surface area contributed by atoms with Gasteiger partial charge >= 0.3 is 0 Å². The van der Waals surface area contributed by atoms with Crippen LogP contribution in [0.3, 0.4) is 0 Å². The molecule has 1 aromatic rings. The minimum atomic E-state index is -0.310. The normalized spacial score (nSPS) is 10.1. The summed E-state index contributed by atoms with van der Waals surface area (Å²) in [5, 5.41) is 5.38. The van der Waals surface area contributed by atoms with Crippen molar-refractivity contribution in [1.29, 1.82) is 0 Å². The van der Waals surface area contributed by atoms with Crippen LogP contribution in [-0.2, 0) is 0 Å². The molecule has 0 aliphatic rings. The molecule has 110 valence electrons. The number of nitrogens with zero attached hydrogens (tertiary/aromatic N) is 1. The molecule has 0 atom stereocenters. The van der Waals surface area contributed by atoms with Gasteiger partial charge < -0.3 is 22.1 Å². The standard InChI is InChI=1S/C13H21N5O2/c14-6-2-8-16-12(19)10-4-1-5-11(18-10)13(20)17-9-3-7-15/h1,4-5H,2-3,6-9,14-15H2,(H,16,19)(H,17,20). The van der Waals surface area contributed by atoms with E-state index in [2.05, 4.69) is 15.6 Å². The van der Waals surface area contributed by atoms with Crippen molar-refractivity contribution in [3.8, 4) is 0 Å². The van der Waals surface area contributed by atoms with Crippen LogP contribution in [0.5, 0.6) is 0 Å². The minimum Gasteiger partial charge on any atom is -0.351 e. The zero-order valence-electron chi connectivity index (χ0n) is 11.4. The predicted molar refractivity (Wildman–Crippen MR) is 76.2 cm³/mol. The largest absolute Gasteiger partial charge is 0.351 e. The van der Waals surface area contributed by atoms with E-state index in [1.165, 1.54) is 0 Å². The molecule has 0 spiro atoms. The zero-order chi connectivity index (χ0) is 14.8. The summed E-state index contributed by atoms with van der Waals surface area (Å²) in [6.45, 7) is 2.00. The first-order valence-electron chi connectivity index (χ1n) is 6.62. The summed E-state index contributed by atoms with van der Waals surface area (Å²) >= 11 is 0. The second kappa shape index (κ2) is 9.00. The first-order valence-corrected chi connectivity index (χ1v) is 6.62. The highest BCUT2D eigenvalue weighted by Crippen LogP contribution is 2.00. The Kier molecular flexibility index (Phi) is 7.23. The molecule has 20 heavy (non-hydrogen) atoms. The van der Waals surface area contributed by atoms with Gasteiger partial charge in [-0.15, -0.1) is 0 Å². The highest BCUT2D eigenvalue weighted by molar-refractivity contribution is 5.96. The lowest BCUT2D eigenvalue weighted by Gasteiger charge is -2.06. The molecule has 0 bridgehead atoms. The van der Waals surface area contributed by atoms with Gasteiger partial charge in [-0.05, 0) is 38.1 Å². The van der Waals surface area contributed by atoms with Gasteiger partial charge in [0.05, 0.1) is 0 Å². The van der Waals surface area contributed by atoms with Crippen molar-refractivity contribution in [3.05, 3.63) is 29.6 Å². The third kappa shape index (κ3) is 5.33. The van der Waals surface area contributed by atoms with Crippen LogP contribution in [0.4, 0.5) is 0 Å². The van der Waals surface area contributed by atoms with E-state index in [0.717, 1.165) is 0 Å². The van der Waals surface area contributed by atoms with Gasteiger partial charge in [0.25, 0.3) is 11.8 Å². The molecule has 0 aromatic carbocycles. The van der Waals surface area contributed by atoms with Crippen LogP contribution in [0.2, 0.25) is 0 Å². The first-order chi connectivity index (χ1) is 9.69. The van der Waals surface area contributed by atoms with Crippen molar-refractivity contribution in [2.24, 2.45) is 11.5 Å². The number of hydrogen-bond donors (Lipinski definition) is 4. The summed E-state index contributed by atoms with van der Waals surface area (Å²) in [5.41, 5.74) is 11.1. The molecule has 7 heteroatoms. The molecule has 0 aliphatic carbocycles. The number of nitrogens with one attached hydrogen (secondary N) is 2. The summed E-state index contributed by atoms with van der Waals surface area (Å²) in [7, 11) is 0. The highest BCUT2D eigenvalue weighted by Gasteiger charge is 2.11. The van der Waals surface area contributed by atoms with Gasteiger partial charge in [-0.3, -0.25) is 9.59 Å². The number of amides is 2. The number of carbonyl (C=O) groups is 2. The van der Waals surface area contributed by atoms with Crippen molar-refractivity contribution in [2.45, 2.75) is 12.8 Å². The average Bonchev–Trinajstić information content (AvgIpc) is 2.47. The van der Waals surface area contributed by atoms with E-state index in [9.17, 15) is 9.59 Å². The van der Waals surface area contributed by atoms with Crippen molar-refractivity contribution in [3.63, 3.8) is 0 Å². The average molecular weight is 279 g/mol. The molecule has 0 saturated heterocycles. The fraction of sp³-hybridized carbons (Fsp3) is 0.462. The van der Waals surface area contributed by atoms with Gasteiger partial charge in [0.2, 0.25) is 0 Å². The smallest absolute Gasteiger partial charge is 0.269 e. The first kappa shape index (κ1) is 16.1. The summed E-state index contributed by atoms with van der Waals surface area (Å²) in [5.74, 6) is -0.620. The molecule has 7 nitrogen and oxygen atoms in total. The van der Waals surface area contributed by atoms with Crippen LogP contribution >= 0.6 is 0 Å². The van der Waals surface area contributed by atoms with E-state index in [4.69, 9.17) is 11.5 Å². The Labute approximate surface area is 118 Å². The molecule has 1 aromatic heterocycles. The van der Waals surface area contributed by atoms with Crippen molar-refractivity contribution in [1.82, 2.24) is 15.6 Å². The SMILES string of the molecule is NCCCNC(=O)c1cccc(C(=O)NCCCN)n1. The van der Waals surface area contributed by atoms with Crippen molar-refractivity contribution in [2.75, 3.05) is 26.2 Å². The molecule has 0 fully saturated rings. The number of pyridine rings is 1. The second-order valence-corrected chi connectivity index (χ2v) is 4.20. The van der Waals surface area contributed by atoms with Crippen LogP contribution in [-0.4, -0.2) is 43.0 Å². The number of hydrogen-bond acceptors (Lipinski definition) is 5. The fourth-order valence-corrected chi connectivity index (χ4v) is 1.48. The van der Waals surface area contributed by atoms with Gasteiger partial charge in [-0.2, -0.15) is 0 Å². The fourth-order valence-electron chi connectivity index (χ4n) is 1.48. The minimum absolute atomic E-state index is 0.216. The topological polar surface area (TPSA) is 123 Å². The lowest BCUT2D eigenvalue weighted by Crippen LogP contribution is -2.29. The monoisotopic (exact) mass is 279 g/mol. The van der Waals surface area contributed by atoms with Gasteiger partial charge in [0, 0.05) is 13.1 Å². The van der Waals surface area contributed by atoms with Crippen LogP contribution in [0.1, 0.15) is 33.8 Å². The van der Waals surface area contributed by atoms with Gasteiger partial charge in [0.1, 0.15) is 11.4 Å². The third-order valence-electron chi connectivity index (χ3n) is 2.55. The lowest BCUT2D eigenvalue weighted by molar-refractivity contribution is 0.0944. The summed E-state index contributed by atoms with van der Waals surface area (Å²) in [6, 6.07) is 4.76. The van der Waals surface area contributed by atoms with Gasteiger partial charge in [-0.25, -0.2) is 4.98 Å². The molecule has 1 rings (SSSR count). The van der Waals surface area contributed by atoms with Crippen LogP contribution in [0, 0.1) is 0 Å². The summed E-state index contributed by atoms with van der Waals surface area (Å²) < 4.78 is 0. The number of nitrogens with two attached hydrogens (primary N) is 2. The van der Waals surface area contributed by atoms with E-state index in [1.54, 1.807) is 18.2 Å². The van der Waals surface area contributed by atoms with E-state index in [1.807, 2.05) is 0 Å². The zero-order valence-corrected chi connectivity index (χ0v) is 11.4. The molecule has 0 saturated carbocycles. The molecule has 1 heterocycles. The Bertz CT molecular complexity index is 413. The van der Waals surface area contributed by atoms with E-state index in [-0.39, 0.29) is 23.2 Å². The van der Waals surface area contributed by atoms with Crippen molar-refractivity contribution >= 4 is 11.8 Å². The van der Waals surface area contributed by atoms with Crippen LogP contribution in [0.15, 0.2) is 18.2 Å². The van der Waals surface area contributed by atoms with Crippen LogP contribution < -0.4 is 22.1 Å². The van der Waals surface area contributed by atoms with Gasteiger partial charge in [-0.1, -0.05) is 6.07 Å². The van der Waals surface area contributed by atoms with E-state index in [0.29, 0.717) is 39.0 Å². The second-order valence-electron chi connectivity index (χ2n) is 4.20. The molecular weight excluding hydrogens is 258 g/mol. The Morgan fingerprint density at radius 1 is 0.950 bits per heavy atom. The molecule has 0 aliphatic heterocycles. The maximum absolute atomic E-state index is 11.8. The maximum atomic E-state index is 11.8. The Morgan fingerprint density at radius 2 is 1.40 bits per heavy atom. The predicted octanol–water partition coefficient (Wildman–Crippen LogP) is -0.761. The molecule has 0 unspecified atom stereocenters. The Morgan fingerprint density at radius 3 is 1.80 bits per heavy atom. The third-order valence-corrected chi connectivity index (χ3v) is 2.55.